The number of hydrogen-bond donors (Lipinski definition) is 0. The Morgan fingerprint density at radius 3 is 2.52 bits per heavy atom. The summed E-state index contributed by atoms with van der Waals surface area (Å²) < 4.78 is 5.32. The minimum atomic E-state index is 0.186. The quantitative estimate of drug-likeness (QED) is 0.729. The van der Waals surface area contributed by atoms with Crippen molar-refractivity contribution in [2.24, 2.45) is 11.8 Å². The molecular formula is C17H30N2O2. The van der Waals surface area contributed by atoms with Crippen LogP contribution < -0.4 is 0 Å². The lowest BCUT2D eigenvalue weighted by Crippen LogP contribution is -2.39. The van der Waals surface area contributed by atoms with E-state index in [2.05, 4.69) is 18.7 Å². The van der Waals surface area contributed by atoms with E-state index >= 15 is 0 Å². The number of hydrogen-bond acceptors (Lipinski definition) is 3. The fraction of sp³-hybridized carbons (Fsp3) is 0.824. The molecular weight excluding hydrogens is 264 g/mol. The van der Waals surface area contributed by atoms with Gasteiger partial charge in [-0.2, -0.15) is 0 Å². The van der Waals surface area contributed by atoms with Crippen LogP contribution in [0.3, 0.4) is 0 Å². The normalized spacial score (nSPS) is 23.6. The number of nitrogens with zero attached hydrogens (tertiary/aromatic N) is 2. The van der Waals surface area contributed by atoms with Crippen molar-refractivity contribution in [2.75, 3.05) is 45.9 Å². The molecule has 120 valence electrons. The van der Waals surface area contributed by atoms with Gasteiger partial charge in [0, 0.05) is 38.8 Å². The summed E-state index contributed by atoms with van der Waals surface area (Å²) in [5.41, 5.74) is 0. The van der Waals surface area contributed by atoms with Crippen LogP contribution in [0.2, 0.25) is 0 Å². The van der Waals surface area contributed by atoms with Gasteiger partial charge in [-0.1, -0.05) is 26.3 Å². The van der Waals surface area contributed by atoms with Gasteiger partial charge in [0.25, 0.3) is 0 Å². The van der Waals surface area contributed by atoms with Crippen LogP contribution in [0.25, 0.3) is 0 Å². The van der Waals surface area contributed by atoms with Crippen molar-refractivity contribution >= 4 is 5.91 Å². The third kappa shape index (κ3) is 5.11. The molecule has 2 heterocycles. The summed E-state index contributed by atoms with van der Waals surface area (Å²) in [6.45, 7) is 10.9. The average molecular weight is 294 g/mol. The van der Waals surface area contributed by atoms with Crippen molar-refractivity contribution in [3.63, 3.8) is 0 Å². The number of ether oxygens (including phenoxy) is 1. The molecule has 0 saturated carbocycles. The first-order chi connectivity index (χ1) is 10.2. The van der Waals surface area contributed by atoms with E-state index in [0.29, 0.717) is 0 Å². The molecule has 0 aromatic carbocycles. The number of morpholine rings is 1. The second-order valence-electron chi connectivity index (χ2n) is 6.36. The molecule has 2 aliphatic heterocycles. The van der Waals surface area contributed by atoms with E-state index < -0.39 is 0 Å². The lowest BCUT2D eigenvalue weighted by Gasteiger charge is -2.34. The Labute approximate surface area is 129 Å². The molecule has 1 unspecified atom stereocenters. The maximum Gasteiger partial charge on any atom is 0.246 e. The Balaban J connectivity index is 1.69. The molecule has 0 aliphatic carbocycles. The zero-order chi connectivity index (χ0) is 15.1. The van der Waals surface area contributed by atoms with E-state index in [4.69, 9.17) is 4.74 Å². The number of carbonyl (C=O) groups is 1. The summed E-state index contributed by atoms with van der Waals surface area (Å²) in [5.74, 6) is 1.78. The van der Waals surface area contributed by atoms with Gasteiger partial charge in [-0.15, -0.1) is 0 Å². The minimum Gasteiger partial charge on any atom is -0.379 e. The predicted octanol–water partition coefficient (Wildman–Crippen LogP) is 2.16. The van der Waals surface area contributed by atoms with Crippen LogP contribution in [0.15, 0.2) is 12.2 Å². The third-order valence-corrected chi connectivity index (χ3v) is 5.03. The fourth-order valence-corrected chi connectivity index (χ4v) is 3.21. The Hall–Kier alpha value is -0.870. The van der Waals surface area contributed by atoms with Crippen LogP contribution in [0.1, 0.15) is 33.1 Å². The Bertz CT molecular complexity index is 343. The maximum atomic E-state index is 12.2. The van der Waals surface area contributed by atoms with Crippen molar-refractivity contribution in [2.45, 2.75) is 33.1 Å². The van der Waals surface area contributed by atoms with E-state index in [0.717, 1.165) is 70.6 Å². The summed E-state index contributed by atoms with van der Waals surface area (Å²) in [6, 6.07) is 0. The second kappa shape index (κ2) is 8.54. The largest absolute Gasteiger partial charge is 0.379 e. The standard InChI is InChI=1S/C17H30N2O2/c1-3-15(2)16-6-9-19(10-7-16)17(20)5-4-8-18-11-13-21-14-12-18/h4-5,15-16H,3,6-14H2,1-2H3/b5-4+. The zero-order valence-electron chi connectivity index (χ0n) is 13.6. The highest BCUT2D eigenvalue weighted by Gasteiger charge is 2.24. The molecule has 0 aromatic heterocycles. The Morgan fingerprint density at radius 1 is 1.24 bits per heavy atom. The van der Waals surface area contributed by atoms with Crippen molar-refractivity contribution in [1.29, 1.82) is 0 Å². The highest BCUT2D eigenvalue weighted by molar-refractivity contribution is 5.87. The highest BCUT2D eigenvalue weighted by atomic mass is 16.5. The lowest BCUT2D eigenvalue weighted by molar-refractivity contribution is -0.127. The molecule has 0 bridgehead atoms. The van der Waals surface area contributed by atoms with Gasteiger partial charge in [0.05, 0.1) is 13.2 Å². The molecule has 0 radical (unpaired) electrons. The van der Waals surface area contributed by atoms with Crippen LogP contribution in [-0.2, 0) is 9.53 Å². The van der Waals surface area contributed by atoms with Gasteiger partial charge in [0.2, 0.25) is 5.91 Å². The van der Waals surface area contributed by atoms with Crippen molar-refractivity contribution in [1.82, 2.24) is 9.80 Å². The van der Waals surface area contributed by atoms with Gasteiger partial charge < -0.3 is 9.64 Å². The second-order valence-corrected chi connectivity index (χ2v) is 6.36. The number of amides is 1. The highest BCUT2D eigenvalue weighted by Crippen LogP contribution is 2.26. The number of likely N-dealkylation sites (tertiary alicyclic amines) is 1. The van der Waals surface area contributed by atoms with E-state index in [1.54, 1.807) is 6.08 Å². The van der Waals surface area contributed by atoms with Gasteiger partial charge in [0.1, 0.15) is 0 Å². The Morgan fingerprint density at radius 2 is 1.90 bits per heavy atom. The van der Waals surface area contributed by atoms with E-state index in [1.807, 2.05) is 11.0 Å². The summed E-state index contributed by atoms with van der Waals surface area (Å²) >= 11 is 0. The first kappa shape index (κ1) is 16.5. The molecule has 4 nitrogen and oxygen atoms in total. The molecule has 21 heavy (non-hydrogen) atoms. The third-order valence-electron chi connectivity index (χ3n) is 5.03. The first-order valence-electron chi connectivity index (χ1n) is 8.46. The fourth-order valence-electron chi connectivity index (χ4n) is 3.21. The van der Waals surface area contributed by atoms with Crippen molar-refractivity contribution < 1.29 is 9.53 Å². The van der Waals surface area contributed by atoms with E-state index in [1.165, 1.54) is 6.42 Å². The molecule has 0 aromatic rings. The van der Waals surface area contributed by atoms with Crippen molar-refractivity contribution in [3.8, 4) is 0 Å². The van der Waals surface area contributed by atoms with Gasteiger partial charge in [-0.05, 0) is 24.7 Å². The monoisotopic (exact) mass is 294 g/mol. The molecule has 0 spiro atoms. The molecule has 0 N–H and O–H groups in total. The van der Waals surface area contributed by atoms with E-state index in [-0.39, 0.29) is 5.91 Å². The minimum absolute atomic E-state index is 0.186. The number of rotatable bonds is 5. The average Bonchev–Trinajstić information content (AvgIpc) is 2.55. The molecule has 2 aliphatic rings. The molecule has 2 fully saturated rings. The molecule has 2 rings (SSSR count). The van der Waals surface area contributed by atoms with Gasteiger partial charge in [0.15, 0.2) is 0 Å². The summed E-state index contributed by atoms with van der Waals surface area (Å²) in [7, 11) is 0. The maximum absolute atomic E-state index is 12.2. The number of carbonyl (C=O) groups excluding carboxylic acids is 1. The van der Waals surface area contributed by atoms with Crippen molar-refractivity contribution in [3.05, 3.63) is 12.2 Å². The van der Waals surface area contributed by atoms with Gasteiger partial charge in [-0.3, -0.25) is 9.69 Å². The van der Waals surface area contributed by atoms with Crippen LogP contribution in [0.4, 0.5) is 0 Å². The smallest absolute Gasteiger partial charge is 0.246 e. The molecule has 1 atom stereocenters. The zero-order valence-corrected chi connectivity index (χ0v) is 13.6. The van der Waals surface area contributed by atoms with Gasteiger partial charge >= 0.3 is 0 Å². The van der Waals surface area contributed by atoms with Crippen LogP contribution in [0.5, 0.6) is 0 Å². The Kier molecular flexibility index (Phi) is 6.71. The SMILES string of the molecule is CCC(C)C1CCN(C(=O)/C=C/CN2CCOCC2)CC1. The van der Waals surface area contributed by atoms with Crippen LogP contribution in [-0.4, -0.2) is 61.6 Å². The topological polar surface area (TPSA) is 32.8 Å². The van der Waals surface area contributed by atoms with Crippen LogP contribution >= 0.6 is 0 Å². The first-order valence-corrected chi connectivity index (χ1v) is 8.46. The van der Waals surface area contributed by atoms with E-state index in [9.17, 15) is 4.79 Å². The summed E-state index contributed by atoms with van der Waals surface area (Å²) in [5, 5.41) is 0. The van der Waals surface area contributed by atoms with Crippen LogP contribution in [0, 0.1) is 11.8 Å². The number of piperidine rings is 1. The summed E-state index contributed by atoms with van der Waals surface area (Å²) in [6.07, 6.45) is 7.35. The summed E-state index contributed by atoms with van der Waals surface area (Å²) in [4.78, 5) is 16.5. The van der Waals surface area contributed by atoms with Gasteiger partial charge in [-0.25, -0.2) is 0 Å². The predicted molar refractivity (Wildman–Crippen MR) is 85.2 cm³/mol. The molecule has 1 amide bonds. The molecule has 2 saturated heterocycles. The molecule has 4 heteroatoms. The lowest BCUT2D eigenvalue weighted by atomic mass is 9.84.